The Bertz CT molecular complexity index is 504. The SMILES string of the molecule is CCCC(C)(NC(=O)NC(C)c1ccc(F)cc1)C(=O)O. The number of carbonyl (C=O) groups is 2. The number of benzene rings is 1. The zero-order chi connectivity index (χ0) is 16.0. The molecule has 0 spiro atoms. The highest BCUT2D eigenvalue weighted by Crippen LogP contribution is 2.15. The van der Waals surface area contributed by atoms with Crippen molar-refractivity contribution >= 4 is 12.0 Å². The highest BCUT2D eigenvalue weighted by Gasteiger charge is 2.34. The van der Waals surface area contributed by atoms with Crippen molar-refractivity contribution < 1.29 is 19.1 Å². The number of carbonyl (C=O) groups excluding carboxylic acids is 1. The Kier molecular flexibility index (Phi) is 5.69. The van der Waals surface area contributed by atoms with Gasteiger partial charge in [-0.05, 0) is 38.0 Å². The number of amides is 2. The van der Waals surface area contributed by atoms with E-state index in [2.05, 4.69) is 10.6 Å². The Morgan fingerprint density at radius 3 is 2.38 bits per heavy atom. The summed E-state index contributed by atoms with van der Waals surface area (Å²) in [6.07, 6.45) is 0.970. The van der Waals surface area contributed by atoms with Crippen LogP contribution in [0, 0.1) is 5.82 Å². The Morgan fingerprint density at radius 2 is 1.90 bits per heavy atom. The largest absolute Gasteiger partial charge is 0.480 e. The topological polar surface area (TPSA) is 78.4 Å². The van der Waals surface area contributed by atoms with Crippen molar-refractivity contribution in [1.82, 2.24) is 10.6 Å². The number of carboxylic acid groups (broad SMARTS) is 1. The molecular weight excluding hydrogens is 275 g/mol. The molecule has 0 saturated heterocycles. The van der Waals surface area contributed by atoms with E-state index in [-0.39, 0.29) is 11.9 Å². The molecule has 0 saturated carbocycles. The van der Waals surface area contributed by atoms with Crippen LogP contribution in [0.25, 0.3) is 0 Å². The van der Waals surface area contributed by atoms with E-state index >= 15 is 0 Å². The van der Waals surface area contributed by atoms with Crippen molar-refractivity contribution in [3.05, 3.63) is 35.6 Å². The first-order chi connectivity index (χ1) is 9.78. The maximum absolute atomic E-state index is 12.8. The molecule has 21 heavy (non-hydrogen) atoms. The van der Waals surface area contributed by atoms with E-state index < -0.39 is 17.5 Å². The molecule has 5 nitrogen and oxygen atoms in total. The van der Waals surface area contributed by atoms with Gasteiger partial charge in [-0.3, -0.25) is 0 Å². The van der Waals surface area contributed by atoms with Gasteiger partial charge in [0.2, 0.25) is 0 Å². The summed E-state index contributed by atoms with van der Waals surface area (Å²) in [7, 11) is 0. The number of urea groups is 1. The number of halogens is 1. The Balaban J connectivity index is 2.67. The summed E-state index contributed by atoms with van der Waals surface area (Å²) >= 11 is 0. The highest BCUT2D eigenvalue weighted by molar-refractivity contribution is 5.86. The van der Waals surface area contributed by atoms with Crippen molar-refractivity contribution in [2.45, 2.75) is 45.2 Å². The fraction of sp³-hybridized carbons (Fsp3) is 0.467. The first-order valence-electron chi connectivity index (χ1n) is 6.86. The highest BCUT2D eigenvalue weighted by atomic mass is 19.1. The molecule has 1 aromatic carbocycles. The van der Waals surface area contributed by atoms with Crippen LogP contribution in [-0.2, 0) is 4.79 Å². The zero-order valence-electron chi connectivity index (χ0n) is 12.4. The summed E-state index contributed by atoms with van der Waals surface area (Å²) < 4.78 is 12.8. The lowest BCUT2D eigenvalue weighted by atomic mass is 9.96. The predicted molar refractivity (Wildman–Crippen MR) is 77.4 cm³/mol. The quantitative estimate of drug-likeness (QED) is 0.755. The van der Waals surface area contributed by atoms with Crippen molar-refractivity contribution in [2.75, 3.05) is 0 Å². The summed E-state index contributed by atoms with van der Waals surface area (Å²) in [4.78, 5) is 23.2. The van der Waals surface area contributed by atoms with Crippen LogP contribution in [0.1, 0.15) is 45.2 Å². The predicted octanol–water partition coefficient (Wildman–Crippen LogP) is 2.83. The van der Waals surface area contributed by atoms with Crippen molar-refractivity contribution in [1.29, 1.82) is 0 Å². The summed E-state index contributed by atoms with van der Waals surface area (Å²) in [5.41, 5.74) is -0.569. The monoisotopic (exact) mass is 296 g/mol. The molecule has 0 heterocycles. The molecule has 0 aromatic heterocycles. The van der Waals surface area contributed by atoms with Crippen LogP contribution >= 0.6 is 0 Å². The molecule has 116 valence electrons. The number of hydrogen-bond donors (Lipinski definition) is 3. The molecule has 0 aliphatic rings. The van der Waals surface area contributed by atoms with Gasteiger partial charge in [0, 0.05) is 0 Å². The van der Waals surface area contributed by atoms with Gasteiger partial charge in [0.15, 0.2) is 0 Å². The number of hydrogen-bond acceptors (Lipinski definition) is 2. The van der Waals surface area contributed by atoms with E-state index in [1.807, 2.05) is 6.92 Å². The fourth-order valence-corrected chi connectivity index (χ4v) is 2.04. The van der Waals surface area contributed by atoms with E-state index in [9.17, 15) is 19.1 Å². The Labute approximate surface area is 123 Å². The lowest BCUT2D eigenvalue weighted by molar-refractivity contribution is -0.144. The second-order valence-electron chi connectivity index (χ2n) is 5.26. The average molecular weight is 296 g/mol. The first kappa shape index (κ1) is 16.9. The molecule has 2 unspecified atom stereocenters. The average Bonchev–Trinajstić information content (AvgIpc) is 2.39. The van der Waals surface area contributed by atoms with Gasteiger partial charge < -0.3 is 15.7 Å². The molecule has 1 aromatic rings. The van der Waals surface area contributed by atoms with Crippen LogP contribution in [0.3, 0.4) is 0 Å². The second kappa shape index (κ2) is 7.06. The zero-order valence-corrected chi connectivity index (χ0v) is 12.4. The van der Waals surface area contributed by atoms with E-state index in [4.69, 9.17) is 0 Å². The van der Waals surface area contributed by atoms with Gasteiger partial charge in [0.25, 0.3) is 0 Å². The number of aliphatic carboxylic acids is 1. The van der Waals surface area contributed by atoms with Crippen LogP contribution in [0.4, 0.5) is 9.18 Å². The van der Waals surface area contributed by atoms with E-state index in [1.165, 1.54) is 19.1 Å². The number of carboxylic acids is 1. The lowest BCUT2D eigenvalue weighted by Gasteiger charge is -2.27. The van der Waals surface area contributed by atoms with Gasteiger partial charge in [-0.15, -0.1) is 0 Å². The van der Waals surface area contributed by atoms with Gasteiger partial charge >= 0.3 is 12.0 Å². The summed E-state index contributed by atoms with van der Waals surface area (Å²) in [6.45, 7) is 5.06. The van der Waals surface area contributed by atoms with Crippen molar-refractivity contribution in [2.24, 2.45) is 0 Å². The molecule has 6 heteroatoms. The maximum Gasteiger partial charge on any atom is 0.329 e. The third-order valence-corrected chi connectivity index (χ3v) is 3.33. The molecule has 0 fully saturated rings. The van der Waals surface area contributed by atoms with Gasteiger partial charge in [0.1, 0.15) is 11.4 Å². The minimum Gasteiger partial charge on any atom is -0.480 e. The third-order valence-electron chi connectivity index (χ3n) is 3.33. The Hall–Kier alpha value is -2.11. The van der Waals surface area contributed by atoms with E-state index in [1.54, 1.807) is 19.1 Å². The first-order valence-corrected chi connectivity index (χ1v) is 6.86. The van der Waals surface area contributed by atoms with Crippen LogP contribution < -0.4 is 10.6 Å². The van der Waals surface area contributed by atoms with Gasteiger partial charge in [-0.1, -0.05) is 25.5 Å². The summed E-state index contributed by atoms with van der Waals surface area (Å²) in [6, 6.07) is 4.84. The van der Waals surface area contributed by atoms with Crippen molar-refractivity contribution in [3.8, 4) is 0 Å². The van der Waals surface area contributed by atoms with Gasteiger partial charge in [-0.2, -0.15) is 0 Å². The van der Waals surface area contributed by atoms with Gasteiger partial charge in [-0.25, -0.2) is 14.0 Å². The summed E-state index contributed by atoms with van der Waals surface area (Å²) in [5, 5.41) is 14.3. The molecule has 3 N–H and O–H groups in total. The normalized spacial score (nSPS) is 14.9. The van der Waals surface area contributed by atoms with Crippen molar-refractivity contribution in [3.63, 3.8) is 0 Å². The van der Waals surface area contributed by atoms with E-state index in [0.717, 1.165) is 5.56 Å². The summed E-state index contributed by atoms with van der Waals surface area (Å²) in [5.74, 6) is -1.43. The number of rotatable bonds is 6. The molecule has 0 aliphatic carbocycles. The second-order valence-corrected chi connectivity index (χ2v) is 5.26. The molecule has 0 bridgehead atoms. The van der Waals surface area contributed by atoms with Crippen LogP contribution in [0.2, 0.25) is 0 Å². The molecule has 0 radical (unpaired) electrons. The smallest absolute Gasteiger partial charge is 0.329 e. The number of nitrogens with one attached hydrogen (secondary N) is 2. The minimum absolute atomic E-state index is 0.334. The van der Waals surface area contributed by atoms with Gasteiger partial charge in [0.05, 0.1) is 6.04 Å². The van der Waals surface area contributed by atoms with Crippen LogP contribution in [0.15, 0.2) is 24.3 Å². The molecule has 1 rings (SSSR count). The standard InChI is InChI=1S/C15H21FN2O3/c1-4-9-15(3,13(19)20)18-14(21)17-10(2)11-5-7-12(16)8-6-11/h5-8,10H,4,9H2,1-3H3,(H,19,20)(H2,17,18,21). The molecule has 2 amide bonds. The molecule has 0 aliphatic heterocycles. The Morgan fingerprint density at radius 1 is 1.33 bits per heavy atom. The minimum atomic E-state index is -1.30. The van der Waals surface area contributed by atoms with Crippen LogP contribution in [0.5, 0.6) is 0 Å². The van der Waals surface area contributed by atoms with E-state index in [0.29, 0.717) is 12.8 Å². The van der Waals surface area contributed by atoms with Crippen LogP contribution in [-0.4, -0.2) is 22.6 Å². The maximum atomic E-state index is 12.8. The molecular formula is C15H21FN2O3. The third kappa shape index (κ3) is 4.73. The lowest BCUT2D eigenvalue weighted by Crippen LogP contribution is -2.55. The fourth-order valence-electron chi connectivity index (χ4n) is 2.04. The molecule has 2 atom stereocenters.